The Morgan fingerprint density at radius 3 is 2.61 bits per heavy atom. The molecule has 1 aliphatic heterocycles. The molecule has 254 valence electrons. The van der Waals surface area contributed by atoms with Crippen LogP contribution in [-0.2, 0) is 21.9 Å². The molecular weight excluding hydrogens is 622 g/mol. The van der Waals surface area contributed by atoms with Crippen LogP contribution in [0.3, 0.4) is 0 Å². The van der Waals surface area contributed by atoms with E-state index in [-0.39, 0.29) is 23.0 Å². The Morgan fingerprint density at radius 1 is 1.22 bits per heavy atom. The van der Waals surface area contributed by atoms with Crippen molar-refractivity contribution in [3.05, 3.63) is 58.1 Å². The molecule has 2 N–H and O–H groups in total. The normalized spacial score (nSPS) is 24.8. The molecule has 5 rings (SSSR count). The molecule has 0 saturated heterocycles. The van der Waals surface area contributed by atoms with Gasteiger partial charge in [0.05, 0.1) is 17.5 Å². The SMILES string of the molecule is CC[C@@H](C[C@@](C)(CO)[C@@H]1CC[C@H]1CN1C[C@@]2(CCCc3cc(Cl)ccc32)COc2ccc(C(=O)NS(=O)(=O)C(C)C)cc21)N(C)C. The lowest BCUT2D eigenvalue weighted by molar-refractivity contribution is -0.0309. The molecule has 1 fully saturated rings. The summed E-state index contributed by atoms with van der Waals surface area (Å²) in [7, 11) is 0.448. The van der Waals surface area contributed by atoms with Crippen molar-refractivity contribution in [1.29, 1.82) is 0 Å². The molecule has 1 saturated carbocycles. The van der Waals surface area contributed by atoms with Gasteiger partial charge in [-0.3, -0.25) is 4.79 Å². The van der Waals surface area contributed by atoms with Gasteiger partial charge in [0.2, 0.25) is 10.0 Å². The minimum Gasteiger partial charge on any atom is -0.490 e. The third-order valence-corrected chi connectivity index (χ3v) is 13.1. The van der Waals surface area contributed by atoms with Gasteiger partial charge in [-0.05, 0) is 132 Å². The van der Waals surface area contributed by atoms with Crippen molar-refractivity contribution < 1.29 is 23.1 Å². The fraction of sp³-hybridized carbons (Fsp3) is 0.639. The van der Waals surface area contributed by atoms with E-state index in [2.05, 4.69) is 54.6 Å². The summed E-state index contributed by atoms with van der Waals surface area (Å²) in [4.78, 5) is 17.9. The predicted octanol–water partition coefficient (Wildman–Crippen LogP) is 6.04. The number of hydrogen-bond donors (Lipinski definition) is 2. The number of ether oxygens (including phenoxy) is 1. The number of benzene rings is 2. The molecule has 2 aromatic carbocycles. The maximum Gasteiger partial charge on any atom is 0.264 e. The molecule has 2 aliphatic carbocycles. The molecule has 1 spiro atoms. The first-order chi connectivity index (χ1) is 21.7. The Morgan fingerprint density at radius 2 is 1.98 bits per heavy atom. The van der Waals surface area contributed by atoms with Crippen LogP contribution in [0.4, 0.5) is 5.69 Å². The minimum atomic E-state index is -3.79. The van der Waals surface area contributed by atoms with Crippen LogP contribution in [0.2, 0.25) is 5.02 Å². The zero-order valence-corrected chi connectivity index (χ0v) is 29.9. The van der Waals surface area contributed by atoms with E-state index in [1.165, 1.54) is 11.1 Å². The highest BCUT2D eigenvalue weighted by Gasteiger charge is 2.48. The summed E-state index contributed by atoms with van der Waals surface area (Å²) in [6.07, 6.45) is 7.07. The molecular formula is C36H52ClN3O5S. The highest BCUT2D eigenvalue weighted by molar-refractivity contribution is 7.90. The first-order valence-electron chi connectivity index (χ1n) is 16.9. The third kappa shape index (κ3) is 6.94. The van der Waals surface area contributed by atoms with E-state index in [4.69, 9.17) is 16.3 Å². The third-order valence-electron chi connectivity index (χ3n) is 11.2. The van der Waals surface area contributed by atoms with Crippen molar-refractivity contribution in [3.63, 3.8) is 0 Å². The van der Waals surface area contributed by atoms with Gasteiger partial charge in [-0.1, -0.05) is 31.5 Å². The summed E-state index contributed by atoms with van der Waals surface area (Å²) in [6, 6.07) is 11.9. The van der Waals surface area contributed by atoms with E-state index >= 15 is 0 Å². The number of nitrogens with zero attached hydrogens (tertiary/aromatic N) is 2. The summed E-state index contributed by atoms with van der Waals surface area (Å²) in [5.41, 5.74) is 3.14. The second-order valence-electron chi connectivity index (χ2n) is 14.8. The van der Waals surface area contributed by atoms with Crippen LogP contribution < -0.4 is 14.4 Å². The largest absolute Gasteiger partial charge is 0.490 e. The lowest BCUT2D eigenvalue weighted by atomic mass is 9.58. The molecule has 1 amide bonds. The van der Waals surface area contributed by atoms with Crippen LogP contribution in [0.15, 0.2) is 36.4 Å². The summed E-state index contributed by atoms with van der Waals surface area (Å²) < 4.78 is 34.0. The molecule has 2 aromatic rings. The Labute approximate surface area is 280 Å². The molecule has 0 radical (unpaired) electrons. The van der Waals surface area contributed by atoms with Gasteiger partial charge in [0.25, 0.3) is 5.91 Å². The van der Waals surface area contributed by atoms with Gasteiger partial charge in [0, 0.05) is 41.7 Å². The van der Waals surface area contributed by atoms with Crippen molar-refractivity contribution in [1.82, 2.24) is 9.62 Å². The standard InChI is InChI=1S/C36H52ClN3O5S/c1-7-29(39(5)6)19-35(4,22-41)30-13-10-27(30)20-40-21-36(16-8-9-25-17-28(37)12-14-31(25)36)23-45-33-15-11-26(18-32(33)40)34(42)38-46(43,44)24(2)3/h11-12,14-15,17-18,24,27,29-30,41H,7-10,13,16,19-23H2,1-6H3,(H,38,42)/t27-,29-,30+,35-,36-/m0/s1. The number of carbonyl (C=O) groups is 1. The quantitative estimate of drug-likeness (QED) is 0.300. The van der Waals surface area contributed by atoms with Gasteiger partial charge in [0.1, 0.15) is 5.75 Å². The molecule has 0 bridgehead atoms. The number of amides is 1. The van der Waals surface area contributed by atoms with Crippen molar-refractivity contribution in [2.75, 3.05) is 45.3 Å². The first kappa shape index (κ1) is 35.0. The number of rotatable bonds is 11. The van der Waals surface area contributed by atoms with Gasteiger partial charge >= 0.3 is 0 Å². The Hall–Kier alpha value is -2.33. The highest BCUT2D eigenvalue weighted by Crippen LogP contribution is 2.51. The number of aryl methyl sites for hydroxylation is 1. The van der Waals surface area contributed by atoms with Crippen molar-refractivity contribution in [3.8, 4) is 5.75 Å². The van der Waals surface area contributed by atoms with Gasteiger partial charge in [-0.15, -0.1) is 0 Å². The fourth-order valence-electron chi connectivity index (χ4n) is 8.11. The van der Waals surface area contributed by atoms with E-state index < -0.39 is 21.2 Å². The molecule has 0 aromatic heterocycles. The van der Waals surface area contributed by atoms with Gasteiger partial charge < -0.3 is 19.6 Å². The molecule has 8 nitrogen and oxygen atoms in total. The van der Waals surface area contributed by atoms with Crippen LogP contribution in [0.5, 0.6) is 5.75 Å². The molecule has 1 heterocycles. The highest BCUT2D eigenvalue weighted by atomic mass is 35.5. The van der Waals surface area contributed by atoms with E-state index in [0.29, 0.717) is 36.8 Å². The smallest absolute Gasteiger partial charge is 0.264 e. The zero-order chi connectivity index (χ0) is 33.4. The van der Waals surface area contributed by atoms with Gasteiger partial charge in [-0.25, -0.2) is 13.1 Å². The van der Waals surface area contributed by atoms with Crippen LogP contribution in [0.25, 0.3) is 0 Å². The minimum absolute atomic E-state index is 0.144. The summed E-state index contributed by atoms with van der Waals surface area (Å²) in [5, 5.41) is 10.8. The van der Waals surface area contributed by atoms with E-state index in [0.717, 1.165) is 62.2 Å². The number of halogens is 1. The van der Waals surface area contributed by atoms with E-state index in [1.807, 2.05) is 12.1 Å². The molecule has 10 heteroatoms. The fourth-order valence-corrected chi connectivity index (χ4v) is 8.92. The summed E-state index contributed by atoms with van der Waals surface area (Å²) in [6.45, 7) is 9.67. The second-order valence-corrected chi connectivity index (χ2v) is 17.5. The number of carbonyl (C=O) groups excluding carboxylic acids is 1. The molecule has 5 atom stereocenters. The number of anilines is 1. The number of sulfonamides is 1. The van der Waals surface area contributed by atoms with Crippen molar-refractivity contribution in [2.45, 2.75) is 89.3 Å². The average molecular weight is 674 g/mol. The number of nitrogens with one attached hydrogen (secondary N) is 1. The Balaban J connectivity index is 1.51. The van der Waals surface area contributed by atoms with Crippen molar-refractivity contribution in [2.24, 2.45) is 17.3 Å². The zero-order valence-electron chi connectivity index (χ0n) is 28.3. The number of aliphatic hydroxyl groups excluding tert-OH is 1. The summed E-state index contributed by atoms with van der Waals surface area (Å²) >= 11 is 6.44. The Kier molecular flexibility index (Phi) is 10.4. The van der Waals surface area contributed by atoms with Gasteiger partial charge in [-0.2, -0.15) is 0 Å². The second kappa shape index (κ2) is 13.7. The molecule has 3 aliphatic rings. The molecule has 46 heavy (non-hydrogen) atoms. The maximum atomic E-state index is 13.2. The monoisotopic (exact) mass is 673 g/mol. The summed E-state index contributed by atoms with van der Waals surface area (Å²) in [5.74, 6) is 0.763. The lowest BCUT2D eigenvalue weighted by Crippen LogP contribution is -2.52. The molecule has 0 unspecified atom stereocenters. The van der Waals surface area contributed by atoms with Crippen molar-refractivity contribution >= 4 is 33.2 Å². The van der Waals surface area contributed by atoms with Crippen LogP contribution in [-0.4, -0.2) is 76.0 Å². The topological polar surface area (TPSA) is 99.2 Å². The first-order valence-corrected chi connectivity index (χ1v) is 18.8. The van der Waals surface area contributed by atoms with Crippen LogP contribution >= 0.6 is 11.6 Å². The lowest BCUT2D eigenvalue weighted by Gasteiger charge is -2.51. The van der Waals surface area contributed by atoms with Crippen LogP contribution in [0, 0.1) is 17.3 Å². The van der Waals surface area contributed by atoms with Gasteiger partial charge in [0.15, 0.2) is 0 Å². The Bertz CT molecular complexity index is 1530. The maximum absolute atomic E-state index is 13.2. The van der Waals surface area contributed by atoms with E-state index in [1.54, 1.807) is 26.0 Å². The average Bonchev–Trinajstić information content (AvgIpc) is 3.14. The number of fused-ring (bicyclic) bond motifs is 3. The number of hydrogen-bond acceptors (Lipinski definition) is 7. The van der Waals surface area contributed by atoms with E-state index in [9.17, 15) is 18.3 Å². The number of aliphatic hydroxyl groups is 1. The predicted molar refractivity (Wildman–Crippen MR) is 186 cm³/mol. The van der Waals surface area contributed by atoms with Crippen LogP contribution in [0.1, 0.15) is 87.7 Å².